The molecule has 1 aliphatic heterocycles. The minimum Gasteiger partial charge on any atom is -0.497 e. The first-order valence-corrected chi connectivity index (χ1v) is 10.8. The van der Waals surface area contributed by atoms with E-state index in [2.05, 4.69) is 4.98 Å². The molecule has 2 aromatic rings. The number of aromatic amines is 1. The molecular formula is C24H29N3O4. The van der Waals surface area contributed by atoms with Crippen LogP contribution in [0.2, 0.25) is 0 Å². The van der Waals surface area contributed by atoms with Crippen LogP contribution >= 0.6 is 0 Å². The molecule has 0 spiro atoms. The van der Waals surface area contributed by atoms with Crippen LogP contribution in [0.1, 0.15) is 52.7 Å². The Balaban J connectivity index is 1.65. The number of hydrogen-bond donors (Lipinski definition) is 1. The zero-order valence-electron chi connectivity index (χ0n) is 18.4. The van der Waals surface area contributed by atoms with Gasteiger partial charge < -0.3 is 19.5 Å². The molecule has 2 amide bonds. The van der Waals surface area contributed by atoms with E-state index in [4.69, 9.17) is 4.74 Å². The average Bonchev–Trinajstić information content (AvgIpc) is 3.29. The van der Waals surface area contributed by atoms with Crippen molar-refractivity contribution in [3.05, 3.63) is 63.1 Å². The summed E-state index contributed by atoms with van der Waals surface area (Å²) in [6, 6.07) is 7.84. The van der Waals surface area contributed by atoms with Gasteiger partial charge in [-0.2, -0.15) is 0 Å². The highest BCUT2D eigenvalue weighted by Crippen LogP contribution is 2.43. The van der Waals surface area contributed by atoms with Crippen LogP contribution in [-0.2, 0) is 23.2 Å². The molecule has 7 heteroatoms. The number of methoxy groups -OCH3 is 1. The van der Waals surface area contributed by atoms with Gasteiger partial charge in [0.1, 0.15) is 11.3 Å². The maximum atomic E-state index is 13.8. The molecule has 1 N–H and O–H groups in total. The number of hydrogen-bond acceptors (Lipinski definition) is 4. The fraction of sp³-hybridized carbons (Fsp3) is 0.458. The average molecular weight is 424 g/mol. The smallest absolute Gasteiger partial charge is 0.261 e. The summed E-state index contributed by atoms with van der Waals surface area (Å²) in [5.74, 6) is 0.606. The Morgan fingerprint density at radius 2 is 1.81 bits per heavy atom. The number of amides is 2. The molecule has 0 atom stereocenters. The molecule has 1 fully saturated rings. The van der Waals surface area contributed by atoms with Gasteiger partial charge in [-0.05, 0) is 48.1 Å². The molecule has 164 valence electrons. The maximum absolute atomic E-state index is 13.8. The van der Waals surface area contributed by atoms with Crippen molar-refractivity contribution in [2.75, 3.05) is 27.7 Å². The normalized spacial score (nSPS) is 17.2. The molecule has 0 saturated heterocycles. The second-order valence-electron chi connectivity index (χ2n) is 8.69. The van der Waals surface area contributed by atoms with E-state index in [0.29, 0.717) is 19.5 Å². The Morgan fingerprint density at radius 3 is 2.42 bits per heavy atom. The Morgan fingerprint density at radius 1 is 1.13 bits per heavy atom. The van der Waals surface area contributed by atoms with Gasteiger partial charge in [-0.15, -0.1) is 0 Å². The Labute approximate surface area is 182 Å². The summed E-state index contributed by atoms with van der Waals surface area (Å²) in [7, 11) is 4.91. The molecule has 0 unspecified atom stereocenters. The number of H-pyrrole nitrogens is 1. The van der Waals surface area contributed by atoms with Gasteiger partial charge in [0, 0.05) is 33.4 Å². The largest absolute Gasteiger partial charge is 0.497 e. The van der Waals surface area contributed by atoms with Crippen LogP contribution in [0.25, 0.3) is 0 Å². The van der Waals surface area contributed by atoms with Crippen LogP contribution in [0, 0.1) is 0 Å². The topological polar surface area (TPSA) is 82.7 Å². The number of nitrogens with zero attached hydrogens (tertiary/aromatic N) is 2. The van der Waals surface area contributed by atoms with Gasteiger partial charge in [0.2, 0.25) is 5.91 Å². The number of ether oxygens (including phenoxy) is 1. The van der Waals surface area contributed by atoms with Crippen LogP contribution in [0.5, 0.6) is 5.75 Å². The first-order chi connectivity index (χ1) is 14.9. The van der Waals surface area contributed by atoms with Crippen molar-refractivity contribution in [1.29, 1.82) is 0 Å². The lowest BCUT2D eigenvalue weighted by Crippen LogP contribution is -2.48. The summed E-state index contributed by atoms with van der Waals surface area (Å²) >= 11 is 0. The number of aromatic nitrogens is 1. The lowest BCUT2D eigenvalue weighted by Gasteiger charge is -2.37. The molecule has 1 aromatic carbocycles. The Kier molecular flexibility index (Phi) is 5.60. The number of pyridine rings is 1. The van der Waals surface area contributed by atoms with E-state index in [9.17, 15) is 14.4 Å². The van der Waals surface area contributed by atoms with Crippen LogP contribution in [0.3, 0.4) is 0 Å². The number of rotatable bonds is 4. The third-order valence-corrected chi connectivity index (χ3v) is 6.70. The van der Waals surface area contributed by atoms with Gasteiger partial charge in [-0.25, -0.2) is 0 Å². The third-order valence-electron chi connectivity index (χ3n) is 6.70. The first-order valence-electron chi connectivity index (χ1n) is 10.8. The molecule has 0 radical (unpaired) electrons. The van der Waals surface area contributed by atoms with Crippen molar-refractivity contribution >= 4 is 11.8 Å². The molecule has 2 aliphatic rings. The van der Waals surface area contributed by atoms with E-state index in [0.717, 1.165) is 48.1 Å². The van der Waals surface area contributed by atoms with Crippen LogP contribution in [-0.4, -0.2) is 54.3 Å². The standard InChI is InChI=1S/C24H29N3O4/c1-26(2)22(29)20-19-10-13-27(15-16(19)14-25-21(20)28)23(30)24(11-4-5-12-24)17-6-8-18(31-3)9-7-17/h6-9,14H,4-5,10-13,15H2,1-3H3,(H,25,28). The number of fused-ring (bicyclic) bond motifs is 1. The van der Waals surface area contributed by atoms with E-state index in [1.165, 1.54) is 4.90 Å². The number of benzene rings is 1. The molecule has 31 heavy (non-hydrogen) atoms. The van der Waals surface area contributed by atoms with Crippen LogP contribution in [0.4, 0.5) is 0 Å². The molecule has 7 nitrogen and oxygen atoms in total. The van der Waals surface area contributed by atoms with Crippen molar-refractivity contribution in [1.82, 2.24) is 14.8 Å². The van der Waals surface area contributed by atoms with Gasteiger partial charge in [-0.3, -0.25) is 14.4 Å². The van der Waals surface area contributed by atoms with Crippen molar-refractivity contribution in [2.24, 2.45) is 0 Å². The lowest BCUT2D eigenvalue weighted by atomic mass is 9.77. The van der Waals surface area contributed by atoms with E-state index in [1.807, 2.05) is 29.2 Å². The highest BCUT2D eigenvalue weighted by Gasteiger charge is 2.45. The van der Waals surface area contributed by atoms with Gasteiger partial charge in [-0.1, -0.05) is 25.0 Å². The van der Waals surface area contributed by atoms with Crippen LogP contribution < -0.4 is 10.3 Å². The fourth-order valence-corrected chi connectivity index (χ4v) is 5.01. The summed E-state index contributed by atoms with van der Waals surface area (Å²) < 4.78 is 5.28. The van der Waals surface area contributed by atoms with Gasteiger partial charge >= 0.3 is 0 Å². The van der Waals surface area contributed by atoms with E-state index in [1.54, 1.807) is 27.4 Å². The summed E-state index contributed by atoms with van der Waals surface area (Å²) in [5.41, 5.74) is 1.94. The number of carbonyl (C=O) groups excluding carboxylic acids is 2. The SMILES string of the molecule is COc1ccc(C2(C(=O)N3CCc4c(c[nH]c(=O)c4C(=O)N(C)C)C3)CCCC2)cc1. The molecule has 2 heterocycles. The van der Waals surface area contributed by atoms with Crippen LogP contribution in [0.15, 0.2) is 35.3 Å². The molecule has 0 bridgehead atoms. The second-order valence-corrected chi connectivity index (χ2v) is 8.69. The second kappa shape index (κ2) is 8.21. The van der Waals surface area contributed by atoms with Crippen molar-refractivity contribution < 1.29 is 14.3 Å². The molecule has 1 saturated carbocycles. The van der Waals surface area contributed by atoms with E-state index in [-0.39, 0.29) is 22.9 Å². The van der Waals surface area contributed by atoms with Gasteiger partial charge in [0.25, 0.3) is 11.5 Å². The third kappa shape index (κ3) is 3.62. The predicted molar refractivity (Wildman–Crippen MR) is 117 cm³/mol. The monoisotopic (exact) mass is 423 g/mol. The summed E-state index contributed by atoms with van der Waals surface area (Å²) in [5, 5.41) is 0. The summed E-state index contributed by atoms with van der Waals surface area (Å²) in [4.78, 5) is 44.7. The van der Waals surface area contributed by atoms with Crippen molar-refractivity contribution in [2.45, 2.75) is 44.1 Å². The predicted octanol–water partition coefficient (Wildman–Crippen LogP) is 2.48. The number of nitrogens with one attached hydrogen (secondary N) is 1. The Hall–Kier alpha value is -3.09. The van der Waals surface area contributed by atoms with Crippen molar-refractivity contribution in [3.63, 3.8) is 0 Å². The Bertz CT molecular complexity index is 1050. The van der Waals surface area contributed by atoms with E-state index >= 15 is 0 Å². The zero-order chi connectivity index (χ0) is 22.2. The van der Waals surface area contributed by atoms with Gasteiger partial charge in [0.05, 0.1) is 12.5 Å². The number of carbonyl (C=O) groups is 2. The minimum atomic E-state index is -0.520. The summed E-state index contributed by atoms with van der Waals surface area (Å²) in [6.07, 6.45) is 5.86. The first kappa shape index (κ1) is 21.2. The van der Waals surface area contributed by atoms with E-state index < -0.39 is 5.41 Å². The quantitative estimate of drug-likeness (QED) is 0.819. The highest BCUT2D eigenvalue weighted by molar-refractivity contribution is 5.95. The fourth-order valence-electron chi connectivity index (χ4n) is 5.01. The minimum absolute atomic E-state index is 0.132. The maximum Gasteiger partial charge on any atom is 0.261 e. The highest BCUT2D eigenvalue weighted by atomic mass is 16.5. The molecule has 1 aromatic heterocycles. The zero-order valence-corrected chi connectivity index (χ0v) is 18.4. The summed E-state index contributed by atoms with van der Waals surface area (Å²) in [6.45, 7) is 0.900. The van der Waals surface area contributed by atoms with Gasteiger partial charge in [0.15, 0.2) is 0 Å². The molecule has 4 rings (SSSR count). The molecule has 1 aliphatic carbocycles. The molecular weight excluding hydrogens is 394 g/mol. The van der Waals surface area contributed by atoms with Crippen molar-refractivity contribution in [3.8, 4) is 5.75 Å². The lowest BCUT2D eigenvalue weighted by molar-refractivity contribution is -0.138.